The van der Waals surface area contributed by atoms with Crippen LogP contribution in [-0.4, -0.2) is 60.4 Å². The first kappa shape index (κ1) is 17.6. The van der Waals surface area contributed by atoms with Gasteiger partial charge in [-0.25, -0.2) is 13.2 Å². The van der Waals surface area contributed by atoms with E-state index in [0.29, 0.717) is 19.4 Å². The second-order valence-electron chi connectivity index (χ2n) is 6.19. The van der Waals surface area contributed by atoms with Crippen LogP contribution in [0.5, 0.6) is 0 Å². The molecule has 0 spiro atoms. The summed E-state index contributed by atoms with van der Waals surface area (Å²) in [5.41, 5.74) is -0.429. The Morgan fingerprint density at radius 1 is 1.24 bits per heavy atom. The Balaban J connectivity index is 1.76. The number of piperidine rings is 1. The highest BCUT2D eigenvalue weighted by Gasteiger charge is 2.40. The number of nitro groups is 1. The third-order valence-corrected chi connectivity index (χ3v) is 6.58. The quantitative estimate of drug-likeness (QED) is 0.589. The zero-order valence-corrected chi connectivity index (χ0v) is 14.5. The molecule has 1 atom stereocenters. The van der Waals surface area contributed by atoms with Gasteiger partial charge in [-0.3, -0.25) is 15.0 Å². The minimum absolute atomic E-state index is 0.0316. The van der Waals surface area contributed by atoms with Gasteiger partial charge in [-0.1, -0.05) is 12.1 Å². The third-order valence-electron chi connectivity index (χ3n) is 4.63. The molecule has 2 aliphatic rings. The van der Waals surface area contributed by atoms with Crippen molar-refractivity contribution in [3.63, 3.8) is 0 Å². The monoisotopic (exact) mass is 369 g/mol. The Labute approximate surface area is 145 Å². The number of amides is 1. The first-order valence-corrected chi connectivity index (χ1v) is 9.45. The summed E-state index contributed by atoms with van der Waals surface area (Å²) in [6.07, 6.45) is 0.575. The molecule has 25 heavy (non-hydrogen) atoms. The number of rotatable bonds is 4. The lowest BCUT2D eigenvalue weighted by molar-refractivity contribution is -0.387. The van der Waals surface area contributed by atoms with Gasteiger partial charge in [0.1, 0.15) is 6.61 Å². The molecular weight excluding hydrogens is 350 g/mol. The van der Waals surface area contributed by atoms with E-state index in [1.807, 2.05) is 6.92 Å². The normalized spacial score (nSPS) is 22.8. The van der Waals surface area contributed by atoms with Crippen molar-refractivity contribution in [2.24, 2.45) is 0 Å². The van der Waals surface area contributed by atoms with Gasteiger partial charge < -0.3 is 4.74 Å². The molecule has 2 fully saturated rings. The predicted molar refractivity (Wildman–Crippen MR) is 87.5 cm³/mol. The molecule has 0 N–H and O–H groups in total. The van der Waals surface area contributed by atoms with Gasteiger partial charge in [0.05, 0.1) is 11.0 Å². The number of carbonyl (C=O) groups is 1. The van der Waals surface area contributed by atoms with E-state index in [1.165, 1.54) is 28.6 Å². The number of para-hydroxylation sites is 1. The first-order valence-electron chi connectivity index (χ1n) is 8.01. The fourth-order valence-corrected chi connectivity index (χ4v) is 4.99. The fraction of sp³-hybridized carbons (Fsp3) is 0.533. The average molecular weight is 369 g/mol. The van der Waals surface area contributed by atoms with Crippen molar-refractivity contribution in [3.05, 3.63) is 34.4 Å². The number of nitro benzene ring substituents is 1. The van der Waals surface area contributed by atoms with E-state index in [1.54, 1.807) is 4.90 Å². The van der Waals surface area contributed by atoms with Crippen LogP contribution >= 0.6 is 0 Å². The number of benzene rings is 1. The Hall–Kier alpha value is -2.20. The Morgan fingerprint density at radius 2 is 1.88 bits per heavy atom. The van der Waals surface area contributed by atoms with E-state index in [9.17, 15) is 23.3 Å². The number of hydrogen-bond acceptors (Lipinski definition) is 6. The van der Waals surface area contributed by atoms with E-state index >= 15 is 0 Å². The average Bonchev–Trinajstić information content (AvgIpc) is 2.93. The summed E-state index contributed by atoms with van der Waals surface area (Å²) in [7, 11) is -3.95. The lowest BCUT2D eigenvalue weighted by Crippen LogP contribution is -2.49. The highest BCUT2D eigenvalue weighted by molar-refractivity contribution is 7.89. The van der Waals surface area contributed by atoms with Crippen LogP contribution in [0.2, 0.25) is 0 Å². The van der Waals surface area contributed by atoms with Crippen molar-refractivity contribution < 1.29 is 22.9 Å². The lowest BCUT2D eigenvalue weighted by atomic mass is 10.0. The minimum atomic E-state index is -3.95. The van der Waals surface area contributed by atoms with Crippen LogP contribution in [0.25, 0.3) is 0 Å². The molecule has 0 aliphatic carbocycles. The van der Waals surface area contributed by atoms with Gasteiger partial charge in [0, 0.05) is 25.2 Å². The zero-order chi connectivity index (χ0) is 18.2. The number of cyclic esters (lactones) is 1. The Kier molecular flexibility index (Phi) is 4.65. The van der Waals surface area contributed by atoms with E-state index in [-0.39, 0.29) is 36.2 Å². The number of carbonyl (C=O) groups excluding carboxylic acids is 1. The third kappa shape index (κ3) is 3.19. The van der Waals surface area contributed by atoms with Gasteiger partial charge in [-0.05, 0) is 25.8 Å². The molecule has 136 valence electrons. The lowest BCUT2D eigenvalue weighted by Gasteiger charge is -2.36. The van der Waals surface area contributed by atoms with E-state index in [4.69, 9.17) is 4.74 Å². The maximum absolute atomic E-state index is 12.8. The highest BCUT2D eigenvalue weighted by atomic mass is 32.2. The summed E-state index contributed by atoms with van der Waals surface area (Å²) >= 11 is 0. The molecule has 0 radical (unpaired) electrons. The molecular formula is C15H19N3O6S. The largest absolute Gasteiger partial charge is 0.447 e. The molecule has 2 saturated heterocycles. The number of ether oxygens (including phenoxy) is 1. The highest BCUT2D eigenvalue weighted by Crippen LogP contribution is 2.30. The van der Waals surface area contributed by atoms with Gasteiger partial charge in [0.25, 0.3) is 5.69 Å². The number of nitrogens with zero attached hydrogens (tertiary/aromatic N) is 3. The predicted octanol–water partition coefficient (Wildman–Crippen LogP) is 1.59. The summed E-state index contributed by atoms with van der Waals surface area (Å²) in [4.78, 5) is 23.6. The maximum Gasteiger partial charge on any atom is 0.410 e. The number of hydrogen-bond donors (Lipinski definition) is 0. The van der Waals surface area contributed by atoms with Crippen LogP contribution in [0, 0.1) is 10.1 Å². The molecule has 0 aromatic heterocycles. The Bertz CT molecular complexity index is 788. The van der Waals surface area contributed by atoms with E-state index < -0.39 is 20.6 Å². The van der Waals surface area contributed by atoms with Crippen molar-refractivity contribution >= 4 is 21.8 Å². The second-order valence-corrected chi connectivity index (χ2v) is 8.10. The standard InChI is InChI=1S/C15H19N3O6S/c1-11-10-24-15(19)17(11)12-6-8-16(9-7-12)25(22,23)14-5-3-2-4-13(14)18(20)21/h2-5,11-12H,6-10H2,1H3. The fourth-order valence-electron chi connectivity index (χ4n) is 3.36. The number of sulfonamides is 1. The summed E-state index contributed by atoms with van der Waals surface area (Å²) in [6, 6.07) is 5.22. The van der Waals surface area contributed by atoms with Crippen LogP contribution in [0.4, 0.5) is 10.5 Å². The van der Waals surface area contributed by atoms with Crippen LogP contribution in [0.3, 0.4) is 0 Å². The van der Waals surface area contributed by atoms with Crippen molar-refractivity contribution in [2.45, 2.75) is 36.7 Å². The van der Waals surface area contributed by atoms with Crippen molar-refractivity contribution in [1.29, 1.82) is 0 Å². The van der Waals surface area contributed by atoms with Crippen LogP contribution in [0.1, 0.15) is 19.8 Å². The van der Waals surface area contributed by atoms with Gasteiger partial charge >= 0.3 is 6.09 Å². The summed E-state index contributed by atoms with van der Waals surface area (Å²) in [5, 5.41) is 11.1. The second kappa shape index (κ2) is 6.60. The van der Waals surface area contributed by atoms with Crippen LogP contribution in [0.15, 0.2) is 29.2 Å². The summed E-state index contributed by atoms with van der Waals surface area (Å²) < 4.78 is 31.8. The SMILES string of the molecule is CC1COC(=O)N1C1CCN(S(=O)(=O)c2ccccc2[N+](=O)[O-])CC1. The zero-order valence-electron chi connectivity index (χ0n) is 13.7. The summed E-state index contributed by atoms with van der Waals surface area (Å²) in [5.74, 6) is 0. The Morgan fingerprint density at radius 3 is 2.44 bits per heavy atom. The van der Waals surface area contributed by atoms with Crippen LogP contribution < -0.4 is 0 Å². The molecule has 9 nitrogen and oxygen atoms in total. The van der Waals surface area contributed by atoms with Crippen molar-refractivity contribution in [2.75, 3.05) is 19.7 Å². The van der Waals surface area contributed by atoms with Crippen molar-refractivity contribution in [3.8, 4) is 0 Å². The topological polar surface area (TPSA) is 110 Å². The molecule has 1 amide bonds. The molecule has 0 saturated carbocycles. The summed E-state index contributed by atoms with van der Waals surface area (Å²) in [6.45, 7) is 2.64. The van der Waals surface area contributed by atoms with Crippen molar-refractivity contribution in [1.82, 2.24) is 9.21 Å². The minimum Gasteiger partial charge on any atom is -0.447 e. The molecule has 1 aromatic rings. The first-order chi connectivity index (χ1) is 11.8. The smallest absolute Gasteiger partial charge is 0.410 e. The van der Waals surface area contributed by atoms with Gasteiger partial charge in [0.2, 0.25) is 10.0 Å². The van der Waals surface area contributed by atoms with Gasteiger partial charge in [-0.15, -0.1) is 0 Å². The molecule has 10 heteroatoms. The maximum atomic E-state index is 12.8. The molecule has 1 unspecified atom stereocenters. The molecule has 2 aliphatic heterocycles. The molecule has 2 heterocycles. The van der Waals surface area contributed by atoms with Gasteiger partial charge in [0.15, 0.2) is 4.90 Å². The van der Waals surface area contributed by atoms with E-state index in [0.717, 1.165) is 0 Å². The van der Waals surface area contributed by atoms with Crippen LogP contribution in [-0.2, 0) is 14.8 Å². The molecule has 0 bridgehead atoms. The van der Waals surface area contributed by atoms with E-state index in [2.05, 4.69) is 0 Å². The molecule has 1 aromatic carbocycles. The van der Waals surface area contributed by atoms with Gasteiger partial charge in [-0.2, -0.15) is 4.31 Å². The molecule has 3 rings (SSSR count).